The number of benzene rings is 1. The Morgan fingerprint density at radius 2 is 2.12 bits per heavy atom. The fourth-order valence-electron chi connectivity index (χ4n) is 2.92. The molecule has 2 aromatic rings. The highest BCUT2D eigenvalue weighted by atomic mass is 32.2. The lowest BCUT2D eigenvalue weighted by molar-refractivity contribution is -0.139. The summed E-state index contributed by atoms with van der Waals surface area (Å²) in [5.41, 5.74) is 1.21. The number of imidazole rings is 1. The second-order valence-corrected chi connectivity index (χ2v) is 7.89. The number of sulfone groups is 1. The van der Waals surface area contributed by atoms with Crippen LogP contribution in [0.2, 0.25) is 0 Å². The molecular weight excluding hydrogens is 330 g/mol. The third-order valence-corrected chi connectivity index (χ3v) is 5.17. The van der Waals surface area contributed by atoms with Crippen molar-refractivity contribution >= 4 is 26.8 Å². The minimum Gasteiger partial charge on any atom is -0.375 e. The number of aromatic nitrogens is 2. The summed E-state index contributed by atoms with van der Waals surface area (Å²) >= 11 is 0. The number of para-hydroxylation sites is 2. The first kappa shape index (κ1) is 16.9. The van der Waals surface area contributed by atoms with Crippen molar-refractivity contribution in [3.8, 4) is 0 Å². The van der Waals surface area contributed by atoms with Crippen LogP contribution in [0.15, 0.2) is 29.4 Å². The predicted octanol–water partition coefficient (Wildman–Crippen LogP) is 1.08. The molecule has 2 heterocycles. The predicted molar refractivity (Wildman–Crippen MR) is 89.5 cm³/mol. The van der Waals surface area contributed by atoms with Gasteiger partial charge in [-0.3, -0.25) is 4.79 Å². The Morgan fingerprint density at radius 3 is 2.83 bits per heavy atom. The Hall–Kier alpha value is -1.93. The molecule has 0 bridgehead atoms. The van der Waals surface area contributed by atoms with Crippen LogP contribution in [-0.4, -0.2) is 60.8 Å². The highest BCUT2D eigenvalue weighted by Gasteiger charge is 2.26. The van der Waals surface area contributed by atoms with Gasteiger partial charge in [0.2, 0.25) is 20.9 Å². The number of hydrogen-bond acceptors (Lipinski definition) is 5. The van der Waals surface area contributed by atoms with Crippen LogP contribution >= 0.6 is 0 Å². The molecule has 1 unspecified atom stereocenters. The highest BCUT2D eigenvalue weighted by molar-refractivity contribution is 7.90. The smallest absolute Gasteiger partial charge is 0.242 e. The Morgan fingerprint density at radius 1 is 1.38 bits per heavy atom. The summed E-state index contributed by atoms with van der Waals surface area (Å²) < 4.78 is 31.2. The summed E-state index contributed by atoms with van der Waals surface area (Å²) in [5.74, 6) is -0.121. The van der Waals surface area contributed by atoms with Crippen molar-refractivity contribution in [2.45, 2.75) is 31.1 Å². The third-order valence-electron chi connectivity index (χ3n) is 4.19. The van der Waals surface area contributed by atoms with Crippen molar-refractivity contribution in [1.29, 1.82) is 0 Å². The Balaban J connectivity index is 1.93. The molecule has 1 aliphatic heterocycles. The summed E-state index contributed by atoms with van der Waals surface area (Å²) in [6.45, 7) is 3.54. The fraction of sp³-hybridized carbons (Fsp3) is 0.500. The van der Waals surface area contributed by atoms with Crippen molar-refractivity contribution in [1.82, 2.24) is 14.5 Å². The quantitative estimate of drug-likeness (QED) is 0.823. The van der Waals surface area contributed by atoms with Crippen molar-refractivity contribution in [2.75, 3.05) is 26.0 Å². The Labute approximate surface area is 141 Å². The van der Waals surface area contributed by atoms with Gasteiger partial charge in [0.15, 0.2) is 0 Å². The number of ether oxygens (including phenoxy) is 1. The van der Waals surface area contributed by atoms with Gasteiger partial charge in [0.05, 0.1) is 23.7 Å². The molecule has 8 heteroatoms. The van der Waals surface area contributed by atoms with Gasteiger partial charge in [-0.2, -0.15) is 0 Å². The maximum Gasteiger partial charge on any atom is 0.242 e. The van der Waals surface area contributed by atoms with E-state index in [4.69, 9.17) is 4.74 Å². The molecule has 1 fully saturated rings. The maximum atomic E-state index is 12.7. The van der Waals surface area contributed by atoms with Gasteiger partial charge in [0.1, 0.15) is 6.54 Å². The van der Waals surface area contributed by atoms with E-state index in [2.05, 4.69) is 4.98 Å². The number of nitrogens with zero attached hydrogens (tertiary/aromatic N) is 3. The van der Waals surface area contributed by atoms with E-state index in [0.717, 1.165) is 12.7 Å². The number of rotatable bonds is 4. The first-order chi connectivity index (χ1) is 11.4. The van der Waals surface area contributed by atoms with Crippen LogP contribution in [0, 0.1) is 0 Å². The van der Waals surface area contributed by atoms with Crippen LogP contribution in [0.4, 0.5) is 0 Å². The molecule has 1 aromatic carbocycles. The van der Waals surface area contributed by atoms with E-state index < -0.39 is 9.84 Å². The zero-order valence-corrected chi connectivity index (χ0v) is 14.6. The SMILES string of the molecule is CCC1CN(C(=O)Cn2c(S(C)(=O)=O)nc3ccccc32)CCO1. The summed E-state index contributed by atoms with van der Waals surface area (Å²) in [6.07, 6.45) is 1.99. The summed E-state index contributed by atoms with van der Waals surface area (Å²) in [7, 11) is -3.53. The van der Waals surface area contributed by atoms with Gasteiger partial charge in [-0.05, 0) is 18.6 Å². The van der Waals surface area contributed by atoms with Gasteiger partial charge in [-0.1, -0.05) is 19.1 Å². The molecule has 7 nitrogen and oxygen atoms in total. The van der Waals surface area contributed by atoms with Gasteiger partial charge >= 0.3 is 0 Å². The van der Waals surface area contributed by atoms with Gasteiger partial charge in [-0.25, -0.2) is 13.4 Å². The average Bonchev–Trinajstić information content (AvgIpc) is 2.94. The standard InChI is InChI=1S/C16H21N3O4S/c1-3-12-10-18(8-9-23-12)15(20)11-19-14-7-5-4-6-13(14)17-16(19)24(2,21)22/h4-7,12H,3,8-11H2,1-2H3. The van der Waals surface area contributed by atoms with Gasteiger partial charge in [-0.15, -0.1) is 0 Å². The molecule has 0 N–H and O–H groups in total. The van der Waals surface area contributed by atoms with Crippen LogP contribution in [0.3, 0.4) is 0 Å². The molecule has 0 spiro atoms. The van der Waals surface area contributed by atoms with E-state index >= 15 is 0 Å². The molecule has 1 saturated heterocycles. The third kappa shape index (κ3) is 3.29. The maximum absolute atomic E-state index is 12.7. The molecule has 1 amide bonds. The second-order valence-electron chi connectivity index (χ2n) is 5.98. The van der Waals surface area contributed by atoms with Gasteiger partial charge in [0, 0.05) is 19.3 Å². The minimum atomic E-state index is -3.53. The van der Waals surface area contributed by atoms with E-state index in [-0.39, 0.29) is 23.7 Å². The van der Waals surface area contributed by atoms with Crippen LogP contribution in [-0.2, 0) is 25.9 Å². The monoisotopic (exact) mass is 351 g/mol. The lowest BCUT2D eigenvalue weighted by atomic mass is 10.2. The van der Waals surface area contributed by atoms with Crippen LogP contribution in [0.5, 0.6) is 0 Å². The van der Waals surface area contributed by atoms with E-state index in [0.29, 0.717) is 30.7 Å². The lowest BCUT2D eigenvalue weighted by Gasteiger charge is -2.32. The Bertz CT molecular complexity index is 859. The number of morpholine rings is 1. The van der Waals surface area contributed by atoms with Gasteiger partial charge in [0.25, 0.3) is 0 Å². The molecule has 0 radical (unpaired) electrons. The van der Waals surface area contributed by atoms with Crippen LogP contribution in [0.1, 0.15) is 13.3 Å². The molecule has 1 aromatic heterocycles. The molecule has 1 atom stereocenters. The van der Waals surface area contributed by atoms with Gasteiger partial charge < -0.3 is 14.2 Å². The summed E-state index contributed by atoms with van der Waals surface area (Å²) in [5, 5.41) is -0.0719. The lowest BCUT2D eigenvalue weighted by Crippen LogP contribution is -2.46. The number of carbonyl (C=O) groups is 1. The summed E-state index contributed by atoms with van der Waals surface area (Å²) in [6, 6.07) is 7.12. The molecule has 0 saturated carbocycles. The topological polar surface area (TPSA) is 81.5 Å². The summed E-state index contributed by atoms with van der Waals surface area (Å²) in [4.78, 5) is 18.6. The van der Waals surface area contributed by atoms with Crippen molar-refractivity contribution in [3.63, 3.8) is 0 Å². The van der Waals surface area contributed by atoms with E-state index in [1.165, 1.54) is 4.57 Å². The highest BCUT2D eigenvalue weighted by Crippen LogP contribution is 2.20. The first-order valence-corrected chi connectivity index (χ1v) is 9.84. The number of carbonyl (C=O) groups excluding carboxylic acids is 1. The zero-order valence-electron chi connectivity index (χ0n) is 13.8. The van der Waals surface area contributed by atoms with E-state index in [9.17, 15) is 13.2 Å². The Kier molecular flexibility index (Phi) is 4.60. The molecule has 130 valence electrons. The second kappa shape index (κ2) is 6.52. The number of amides is 1. The fourth-order valence-corrected chi connectivity index (χ4v) is 3.74. The number of hydrogen-bond donors (Lipinski definition) is 0. The molecule has 3 rings (SSSR count). The van der Waals surface area contributed by atoms with Crippen LogP contribution < -0.4 is 0 Å². The largest absolute Gasteiger partial charge is 0.375 e. The zero-order chi connectivity index (χ0) is 17.3. The van der Waals surface area contributed by atoms with E-state index in [1.807, 2.05) is 6.92 Å². The van der Waals surface area contributed by atoms with Crippen LogP contribution in [0.25, 0.3) is 11.0 Å². The normalized spacial score (nSPS) is 18.9. The first-order valence-electron chi connectivity index (χ1n) is 7.95. The number of fused-ring (bicyclic) bond motifs is 1. The molecule has 24 heavy (non-hydrogen) atoms. The van der Waals surface area contributed by atoms with Crippen molar-refractivity contribution in [3.05, 3.63) is 24.3 Å². The van der Waals surface area contributed by atoms with Crippen molar-refractivity contribution in [2.24, 2.45) is 0 Å². The van der Waals surface area contributed by atoms with Crippen molar-refractivity contribution < 1.29 is 17.9 Å². The molecule has 0 aliphatic carbocycles. The van der Waals surface area contributed by atoms with E-state index in [1.54, 1.807) is 29.2 Å². The average molecular weight is 351 g/mol. The minimum absolute atomic E-state index is 0.0385. The molecular formula is C16H21N3O4S. The molecule has 1 aliphatic rings.